The lowest BCUT2D eigenvalue weighted by Gasteiger charge is -2.18. The molecule has 0 spiro atoms. The molecule has 2 atom stereocenters. The fraction of sp³-hybridized carbons (Fsp3) is 0.348. The molecule has 1 unspecified atom stereocenters. The van der Waals surface area contributed by atoms with Gasteiger partial charge in [-0.15, -0.1) is 0 Å². The number of esters is 1. The number of halogens is 3. The average molecular weight is 421 g/mol. The minimum absolute atomic E-state index is 0.00278. The molecule has 0 saturated heterocycles. The van der Waals surface area contributed by atoms with E-state index in [1.165, 1.54) is 25.3 Å². The number of allylic oxidation sites excluding steroid dienone is 1. The number of ether oxygens (including phenoxy) is 1. The van der Waals surface area contributed by atoms with Gasteiger partial charge < -0.3 is 15.2 Å². The van der Waals surface area contributed by atoms with Gasteiger partial charge in [0.15, 0.2) is 0 Å². The molecule has 7 heteroatoms. The fourth-order valence-corrected chi connectivity index (χ4v) is 3.00. The number of carbonyl (C=O) groups is 1. The summed E-state index contributed by atoms with van der Waals surface area (Å²) in [4.78, 5) is 11.3. The van der Waals surface area contributed by atoms with Gasteiger partial charge in [-0.1, -0.05) is 36.4 Å². The first kappa shape index (κ1) is 23.6. The number of methoxy groups -OCH3 is 1. The molecule has 0 aliphatic carbocycles. The Morgan fingerprint density at radius 1 is 1.20 bits per heavy atom. The van der Waals surface area contributed by atoms with Crippen LogP contribution in [0.4, 0.5) is 13.2 Å². The minimum Gasteiger partial charge on any atom is -0.466 e. The minimum atomic E-state index is -4.44. The molecule has 0 saturated carbocycles. The normalized spacial score (nSPS) is 14.3. The summed E-state index contributed by atoms with van der Waals surface area (Å²) in [5.74, 6) is -0.409. The quantitative estimate of drug-likeness (QED) is 0.486. The summed E-state index contributed by atoms with van der Waals surface area (Å²) in [6.07, 6.45) is -3.38. The molecule has 2 aromatic carbocycles. The van der Waals surface area contributed by atoms with Gasteiger partial charge >= 0.3 is 12.1 Å². The summed E-state index contributed by atoms with van der Waals surface area (Å²) in [5.41, 5.74) is 2.21. The lowest BCUT2D eigenvalue weighted by molar-refractivity contribution is -0.137. The zero-order valence-electron chi connectivity index (χ0n) is 17.2. The molecular formula is C23H26F3NO3. The third kappa shape index (κ3) is 7.00. The highest BCUT2D eigenvalue weighted by molar-refractivity contribution is 5.90. The predicted molar refractivity (Wildman–Crippen MR) is 110 cm³/mol. The van der Waals surface area contributed by atoms with E-state index >= 15 is 0 Å². The van der Waals surface area contributed by atoms with Crippen LogP contribution >= 0.6 is 0 Å². The molecular weight excluding hydrogens is 395 g/mol. The Morgan fingerprint density at radius 2 is 1.87 bits per heavy atom. The van der Waals surface area contributed by atoms with Crippen molar-refractivity contribution in [3.8, 4) is 0 Å². The number of rotatable bonds is 8. The Kier molecular flexibility index (Phi) is 8.20. The van der Waals surface area contributed by atoms with E-state index in [1.54, 1.807) is 0 Å². The van der Waals surface area contributed by atoms with E-state index in [0.29, 0.717) is 6.42 Å². The van der Waals surface area contributed by atoms with Crippen LogP contribution < -0.4 is 5.32 Å². The van der Waals surface area contributed by atoms with Gasteiger partial charge in [-0.2, -0.15) is 13.2 Å². The monoisotopic (exact) mass is 421 g/mol. The zero-order valence-corrected chi connectivity index (χ0v) is 17.2. The number of benzene rings is 2. The maximum atomic E-state index is 12.8. The molecule has 2 rings (SSSR count). The van der Waals surface area contributed by atoms with Crippen LogP contribution in [0.2, 0.25) is 0 Å². The second-order valence-electron chi connectivity index (χ2n) is 7.20. The molecule has 0 aliphatic heterocycles. The van der Waals surface area contributed by atoms with E-state index in [4.69, 9.17) is 0 Å². The smallest absolute Gasteiger partial charge is 0.416 e. The number of nitrogens with one attached hydrogen (secondary N) is 1. The molecule has 0 amide bonds. The third-order valence-corrected chi connectivity index (χ3v) is 4.75. The van der Waals surface area contributed by atoms with Crippen LogP contribution in [0.1, 0.15) is 42.2 Å². The summed E-state index contributed by atoms with van der Waals surface area (Å²) >= 11 is 0. The van der Waals surface area contributed by atoms with Crippen LogP contribution in [0.25, 0.3) is 5.57 Å². The van der Waals surface area contributed by atoms with Crippen molar-refractivity contribution < 1.29 is 27.8 Å². The largest absolute Gasteiger partial charge is 0.466 e. The van der Waals surface area contributed by atoms with Crippen molar-refractivity contribution in [2.75, 3.05) is 13.7 Å². The molecule has 2 N–H and O–H groups in total. The third-order valence-electron chi connectivity index (χ3n) is 4.75. The van der Waals surface area contributed by atoms with Crippen LogP contribution in [0.3, 0.4) is 0 Å². The van der Waals surface area contributed by atoms with Gasteiger partial charge in [0.1, 0.15) is 0 Å². The topological polar surface area (TPSA) is 58.6 Å². The van der Waals surface area contributed by atoms with Gasteiger partial charge in [0.25, 0.3) is 0 Å². The van der Waals surface area contributed by atoms with Gasteiger partial charge in [-0.05, 0) is 54.7 Å². The predicted octanol–water partition coefficient (Wildman–Crippen LogP) is 4.54. The highest BCUT2D eigenvalue weighted by atomic mass is 19.4. The Hall–Kier alpha value is -2.64. The molecule has 162 valence electrons. The maximum absolute atomic E-state index is 12.8. The molecule has 0 heterocycles. The van der Waals surface area contributed by atoms with Crippen LogP contribution in [-0.4, -0.2) is 30.8 Å². The van der Waals surface area contributed by atoms with E-state index in [-0.39, 0.29) is 18.2 Å². The van der Waals surface area contributed by atoms with Gasteiger partial charge in [-0.25, -0.2) is 4.79 Å². The van der Waals surface area contributed by atoms with Gasteiger partial charge in [0, 0.05) is 18.7 Å². The number of hydrogen-bond acceptors (Lipinski definition) is 4. The summed E-state index contributed by atoms with van der Waals surface area (Å²) < 4.78 is 43.1. The Bertz CT molecular complexity index is 876. The first-order valence-corrected chi connectivity index (χ1v) is 9.54. The lowest BCUT2D eigenvalue weighted by Crippen LogP contribution is -2.32. The maximum Gasteiger partial charge on any atom is 0.416 e. The van der Waals surface area contributed by atoms with Crippen LogP contribution in [0, 0.1) is 0 Å². The molecule has 0 bridgehead atoms. The molecule has 30 heavy (non-hydrogen) atoms. The Balaban J connectivity index is 1.91. The highest BCUT2D eigenvalue weighted by Gasteiger charge is 2.30. The summed E-state index contributed by atoms with van der Waals surface area (Å²) in [5, 5.41) is 13.4. The van der Waals surface area contributed by atoms with Crippen molar-refractivity contribution in [2.24, 2.45) is 0 Å². The molecule has 2 aromatic rings. The molecule has 0 aromatic heterocycles. The van der Waals surface area contributed by atoms with Crippen molar-refractivity contribution >= 4 is 11.5 Å². The average Bonchev–Trinajstić information content (AvgIpc) is 2.71. The van der Waals surface area contributed by atoms with E-state index in [2.05, 4.69) is 10.1 Å². The first-order valence-electron chi connectivity index (χ1n) is 9.54. The van der Waals surface area contributed by atoms with Crippen LogP contribution in [-0.2, 0) is 22.1 Å². The molecule has 4 nitrogen and oxygen atoms in total. The molecule has 0 fully saturated rings. The van der Waals surface area contributed by atoms with E-state index in [0.717, 1.165) is 28.8 Å². The fourth-order valence-electron chi connectivity index (χ4n) is 3.00. The van der Waals surface area contributed by atoms with Crippen LogP contribution in [0.15, 0.2) is 54.6 Å². The SMILES string of the molecule is COC(=O)/C=C(\C)c1ccc(C[C@@H](C)NCC(O)c2cccc(C(F)(F)F)c2)cc1. The van der Waals surface area contributed by atoms with Crippen molar-refractivity contribution in [1.29, 1.82) is 0 Å². The number of aliphatic hydroxyl groups is 1. The number of alkyl halides is 3. The standard InChI is InChI=1S/C23H26F3NO3/c1-15(11-22(29)30-3)18-9-7-17(8-10-18)12-16(2)27-14-21(28)19-5-4-6-20(13-19)23(24,25)26/h4-11,13,16,21,27-28H,12,14H2,1-3H3/b15-11+/t16-,21?/m1/s1. The van der Waals surface area contributed by atoms with E-state index in [1.807, 2.05) is 38.1 Å². The second-order valence-corrected chi connectivity index (χ2v) is 7.20. The second kappa shape index (κ2) is 10.4. The summed E-state index contributed by atoms with van der Waals surface area (Å²) in [6, 6.07) is 12.5. The first-order chi connectivity index (χ1) is 14.1. The highest BCUT2D eigenvalue weighted by Crippen LogP contribution is 2.30. The van der Waals surface area contributed by atoms with Crippen molar-refractivity contribution in [2.45, 2.75) is 38.6 Å². The Morgan fingerprint density at radius 3 is 2.47 bits per heavy atom. The lowest BCUT2D eigenvalue weighted by atomic mass is 10.0. The van der Waals surface area contributed by atoms with E-state index in [9.17, 15) is 23.1 Å². The Labute approximate surface area is 174 Å². The van der Waals surface area contributed by atoms with Gasteiger partial charge in [-0.3, -0.25) is 0 Å². The molecule has 0 radical (unpaired) electrons. The van der Waals surface area contributed by atoms with Crippen molar-refractivity contribution in [3.63, 3.8) is 0 Å². The van der Waals surface area contributed by atoms with Crippen molar-refractivity contribution in [1.82, 2.24) is 5.32 Å². The number of aliphatic hydroxyl groups excluding tert-OH is 1. The van der Waals surface area contributed by atoms with E-state index < -0.39 is 23.8 Å². The summed E-state index contributed by atoms with van der Waals surface area (Å²) in [6.45, 7) is 3.90. The number of hydrogen-bond donors (Lipinski definition) is 2. The van der Waals surface area contributed by atoms with Gasteiger partial charge in [0.05, 0.1) is 18.8 Å². The van der Waals surface area contributed by atoms with Crippen molar-refractivity contribution in [3.05, 3.63) is 76.9 Å². The molecule has 0 aliphatic rings. The van der Waals surface area contributed by atoms with Gasteiger partial charge in [0.2, 0.25) is 0 Å². The van der Waals surface area contributed by atoms with Crippen LogP contribution in [0.5, 0.6) is 0 Å². The number of carbonyl (C=O) groups excluding carboxylic acids is 1. The summed E-state index contributed by atoms with van der Waals surface area (Å²) in [7, 11) is 1.33. The zero-order chi connectivity index (χ0) is 22.3.